The lowest BCUT2D eigenvalue weighted by atomic mass is 10.2. The lowest BCUT2D eigenvalue weighted by Crippen LogP contribution is -2.29. The highest BCUT2D eigenvalue weighted by Gasteiger charge is 2.21. The van der Waals surface area contributed by atoms with Crippen molar-refractivity contribution in [3.63, 3.8) is 0 Å². The van der Waals surface area contributed by atoms with E-state index in [1.165, 1.54) is 12.1 Å². The van der Waals surface area contributed by atoms with Gasteiger partial charge < -0.3 is 25.1 Å². The highest BCUT2D eigenvalue weighted by molar-refractivity contribution is 6.31. The van der Waals surface area contributed by atoms with Gasteiger partial charge in [-0.15, -0.1) is 0 Å². The number of likely N-dealkylation sites (N-methyl/N-ethyl adjacent to an activating group) is 1. The highest BCUT2D eigenvalue weighted by atomic mass is 35.5. The number of nitrogens with one attached hydrogen (secondary N) is 2. The van der Waals surface area contributed by atoms with Crippen molar-refractivity contribution >= 4 is 23.0 Å². The summed E-state index contributed by atoms with van der Waals surface area (Å²) in [7, 11) is 1.99. The number of furan rings is 1. The zero-order valence-corrected chi connectivity index (χ0v) is 16.8. The third-order valence-corrected chi connectivity index (χ3v) is 5.52. The fraction of sp³-hybridized carbons (Fsp3) is 0.273. The van der Waals surface area contributed by atoms with Crippen molar-refractivity contribution in [1.82, 2.24) is 5.32 Å². The molecule has 2 heterocycles. The van der Waals surface area contributed by atoms with E-state index < -0.39 is 12.0 Å². The predicted octanol–water partition coefficient (Wildman–Crippen LogP) is 4.64. The smallest absolute Gasteiger partial charge is 0.184 e. The second-order valence-corrected chi connectivity index (χ2v) is 7.55. The molecule has 2 unspecified atom stereocenters. The van der Waals surface area contributed by atoms with Crippen LogP contribution in [0.15, 0.2) is 59.0 Å². The number of aliphatic hydroxyl groups is 1. The third-order valence-electron chi connectivity index (χ3n) is 5.23. The Bertz CT molecular complexity index is 976. The molecule has 0 bridgehead atoms. The summed E-state index contributed by atoms with van der Waals surface area (Å²) in [5.41, 5.74) is 2.59. The molecule has 0 aliphatic carbocycles. The summed E-state index contributed by atoms with van der Waals surface area (Å²) in [5, 5.41) is 16.8. The molecule has 29 heavy (non-hydrogen) atoms. The number of hydrogen-bond donors (Lipinski definition) is 3. The van der Waals surface area contributed by atoms with E-state index in [-0.39, 0.29) is 5.02 Å². The Balaban J connectivity index is 1.41. The van der Waals surface area contributed by atoms with Crippen LogP contribution in [0.4, 0.5) is 15.8 Å². The molecule has 5 nitrogen and oxygen atoms in total. The van der Waals surface area contributed by atoms with Crippen LogP contribution in [0.25, 0.3) is 11.3 Å². The van der Waals surface area contributed by atoms with Crippen LogP contribution in [-0.4, -0.2) is 31.3 Å². The minimum Gasteiger partial charge on any atom is -0.456 e. The fourth-order valence-electron chi connectivity index (χ4n) is 3.53. The number of rotatable bonds is 6. The first-order chi connectivity index (χ1) is 14.0. The third kappa shape index (κ3) is 4.40. The molecular formula is C22H23ClFN3O2. The lowest BCUT2D eigenvalue weighted by molar-refractivity contribution is 0.179. The highest BCUT2D eigenvalue weighted by Crippen LogP contribution is 2.29. The molecule has 152 valence electrons. The van der Waals surface area contributed by atoms with Crippen molar-refractivity contribution in [2.75, 3.05) is 30.4 Å². The van der Waals surface area contributed by atoms with E-state index in [0.717, 1.165) is 30.9 Å². The first kappa shape index (κ1) is 19.8. The molecule has 4 rings (SSSR count). The minimum absolute atomic E-state index is 0.0262. The Morgan fingerprint density at radius 2 is 1.97 bits per heavy atom. The number of nitrogens with zero attached hydrogens (tertiary/aromatic N) is 1. The molecule has 7 heteroatoms. The molecule has 1 saturated heterocycles. The topological polar surface area (TPSA) is 60.7 Å². The summed E-state index contributed by atoms with van der Waals surface area (Å²) < 4.78 is 19.1. The van der Waals surface area contributed by atoms with E-state index in [1.54, 1.807) is 18.2 Å². The zero-order valence-electron chi connectivity index (χ0n) is 16.0. The van der Waals surface area contributed by atoms with E-state index >= 15 is 0 Å². The molecule has 3 N–H and O–H groups in total. The standard InChI is InChI=1S/C22H23ClFN3O2/c1-25-16-10-11-27(13-16)17-5-3-15(4-6-17)26-22(28)21-9-8-20(29-21)14-2-7-19(24)18(23)12-14/h2-9,12,16,22,25-26,28H,10-11,13H2,1H3. The van der Waals surface area contributed by atoms with Crippen LogP contribution in [-0.2, 0) is 0 Å². The Morgan fingerprint density at radius 3 is 2.66 bits per heavy atom. The van der Waals surface area contributed by atoms with Crippen LogP contribution in [0.3, 0.4) is 0 Å². The first-order valence-electron chi connectivity index (χ1n) is 9.55. The maximum atomic E-state index is 13.3. The molecule has 0 spiro atoms. The summed E-state index contributed by atoms with van der Waals surface area (Å²) >= 11 is 5.83. The molecule has 1 fully saturated rings. The molecule has 0 radical (unpaired) electrons. The van der Waals surface area contributed by atoms with Gasteiger partial charge in [0.05, 0.1) is 5.02 Å². The summed E-state index contributed by atoms with van der Waals surface area (Å²) in [6.45, 7) is 2.03. The van der Waals surface area contributed by atoms with E-state index in [0.29, 0.717) is 23.1 Å². The second kappa shape index (κ2) is 8.45. The molecule has 0 saturated carbocycles. The molecule has 0 amide bonds. The van der Waals surface area contributed by atoms with Gasteiger partial charge in [-0.3, -0.25) is 0 Å². The Hall–Kier alpha value is -2.54. The normalized spacial score (nSPS) is 17.5. The van der Waals surface area contributed by atoms with Crippen LogP contribution < -0.4 is 15.5 Å². The Kier molecular flexibility index (Phi) is 5.76. The van der Waals surface area contributed by atoms with Crippen molar-refractivity contribution < 1.29 is 13.9 Å². The van der Waals surface area contributed by atoms with E-state index in [1.807, 2.05) is 31.3 Å². The monoisotopic (exact) mass is 415 g/mol. The SMILES string of the molecule is CNC1CCN(c2ccc(NC(O)c3ccc(-c4ccc(F)c(Cl)c4)o3)cc2)C1. The first-order valence-corrected chi connectivity index (χ1v) is 9.93. The number of aliphatic hydroxyl groups excluding tert-OH is 1. The quantitative estimate of drug-likeness (QED) is 0.512. The maximum absolute atomic E-state index is 13.3. The van der Waals surface area contributed by atoms with Crippen molar-refractivity contribution in [3.05, 3.63) is 71.2 Å². The van der Waals surface area contributed by atoms with Gasteiger partial charge >= 0.3 is 0 Å². The number of anilines is 2. The number of hydrogen-bond acceptors (Lipinski definition) is 5. The Labute approximate surface area is 174 Å². The van der Waals surface area contributed by atoms with Crippen LogP contribution >= 0.6 is 11.6 Å². The fourth-order valence-corrected chi connectivity index (χ4v) is 3.71. The van der Waals surface area contributed by atoms with Gasteiger partial charge in [0.1, 0.15) is 11.6 Å². The Morgan fingerprint density at radius 1 is 1.17 bits per heavy atom. The van der Waals surface area contributed by atoms with Gasteiger partial charge in [0.2, 0.25) is 0 Å². The minimum atomic E-state index is -1.01. The molecule has 2 aromatic carbocycles. The average Bonchev–Trinajstić information content (AvgIpc) is 3.40. The van der Waals surface area contributed by atoms with Gasteiger partial charge in [0.25, 0.3) is 0 Å². The van der Waals surface area contributed by atoms with Gasteiger partial charge in [0.15, 0.2) is 12.0 Å². The van der Waals surface area contributed by atoms with Crippen molar-refractivity contribution in [2.45, 2.75) is 18.7 Å². The molecule has 1 aliphatic rings. The molecule has 1 aromatic heterocycles. The van der Waals surface area contributed by atoms with E-state index in [9.17, 15) is 9.50 Å². The van der Waals surface area contributed by atoms with Crippen molar-refractivity contribution in [2.24, 2.45) is 0 Å². The van der Waals surface area contributed by atoms with Gasteiger partial charge in [-0.05, 0) is 68.1 Å². The van der Waals surface area contributed by atoms with E-state index in [2.05, 4.69) is 15.5 Å². The largest absolute Gasteiger partial charge is 0.456 e. The average molecular weight is 416 g/mol. The summed E-state index contributed by atoms with van der Waals surface area (Å²) in [4.78, 5) is 2.34. The molecule has 3 aromatic rings. The van der Waals surface area contributed by atoms with Crippen molar-refractivity contribution in [3.8, 4) is 11.3 Å². The van der Waals surface area contributed by atoms with Gasteiger partial charge in [0, 0.05) is 36.1 Å². The number of benzene rings is 2. The van der Waals surface area contributed by atoms with E-state index in [4.69, 9.17) is 16.0 Å². The maximum Gasteiger partial charge on any atom is 0.184 e. The summed E-state index contributed by atoms with van der Waals surface area (Å²) in [5.74, 6) is 0.384. The summed E-state index contributed by atoms with van der Waals surface area (Å²) in [6, 6.07) is 16.3. The van der Waals surface area contributed by atoms with Gasteiger partial charge in [-0.25, -0.2) is 4.39 Å². The van der Waals surface area contributed by atoms with Gasteiger partial charge in [-0.1, -0.05) is 11.6 Å². The zero-order chi connectivity index (χ0) is 20.4. The van der Waals surface area contributed by atoms with Gasteiger partial charge in [-0.2, -0.15) is 0 Å². The van der Waals surface area contributed by atoms with Crippen LogP contribution in [0.2, 0.25) is 5.02 Å². The number of halogens is 2. The van der Waals surface area contributed by atoms with Crippen molar-refractivity contribution in [1.29, 1.82) is 0 Å². The van der Waals surface area contributed by atoms with Crippen LogP contribution in [0.1, 0.15) is 18.4 Å². The molecule has 2 atom stereocenters. The lowest BCUT2D eigenvalue weighted by Gasteiger charge is -2.19. The second-order valence-electron chi connectivity index (χ2n) is 7.14. The predicted molar refractivity (Wildman–Crippen MR) is 114 cm³/mol. The van der Waals surface area contributed by atoms with Crippen LogP contribution in [0, 0.1) is 5.82 Å². The molecular weight excluding hydrogens is 393 g/mol. The summed E-state index contributed by atoms with van der Waals surface area (Å²) in [6.07, 6.45) is 0.126. The van der Waals surface area contributed by atoms with Crippen LogP contribution in [0.5, 0.6) is 0 Å². The molecule has 1 aliphatic heterocycles.